The summed E-state index contributed by atoms with van der Waals surface area (Å²) in [6.07, 6.45) is 3.07. The zero-order chi connectivity index (χ0) is 12.8. The number of carbonyl (C=O) groups excluding carboxylic acids is 1. The Bertz CT molecular complexity index is 358. The van der Waals surface area contributed by atoms with Crippen LogP contribution in [0.15, 0.2) is 17.5 Å². The van der Waals surface area contributed by atoms with Gasteiger partial charge in [0.25, 0.3) is 0 Å². The average molecular weight is 267 g/mol. The highest BCUT2D eigenvalue weighted by Gasteiger charge is 2.34. The highest BCUT2D eigenvalue weighted by atomic mass is 32.1. The third kappa shape index (κ3) is 3.40. The van der Waals surface area contributed by atoms with Gasteiger partial charge in [0.05, 0.1) is 12.0 Å². The Hall–Kier alpha value is -0.710. The molecule has 1 aromatic heterocycles. The molecule has 100 valence electrons. The number of hydrogen-bond donors (Lipinski definition) is 0. The van der Waals surface area contributed by atoms with Crippen molar-refractivity contribution in [3.8, 4) is 0 Å². The fourth-order valence-corrected chi connectivity index (χ4v) is 3.22. The van der Waals surface area contributed by atoms with Crippen LogP contribution in [0.3, 0.4) is 0 Å². The van der Waals surface area contributed by atoms with E-state index in [4.69, 9.17) is 4.74 Å². The lowest BCUT2D eigenvalue weighted by Gasteiger charge is -2.36. The van der Waals surface area contributed by atoms with E-state index in [0.717, 1.165) is 45.4 Å². The Morgan fingerprint density at radius 1 is 1.61 bits per heavy atom. The van der Waals surface area contributed by atoms with Crippen LogP contribution in [0, 0.1) is 5.41 Å². The molecule has 1 fully saturated rings. The Morgan fingerprint density at radius 2 is 2.50 bits per heavy atom. The normalized spacial score (nSPS) is 24.3. The molecule has 1 aromatic rings. The average Bonchev–Trinajstić information content (AvgIpc) is 2.92. The lowest BCUT2D eigenvalue weighted by molar-refractivity contribution is -0.125. The van der Waals surface area contributed by atoms with E-state index in [-0.39, 0.29) is 5.41 Å². The number of nitrogens with zero attached hydrogens (tertiary/aromatic N) is 1. The third-order valence-corrected chi connectivity index (χ3v) is 4.41. The molecule has 0 saturated carbocycles. The third-order valence-electron chi connectivity index (χ3n) is 3.55. The summed E-state index contributed by atoms with van der Waals surface area (Å²) in [5.74, 6) is 0. The molecule has 1 aliphatic rings. The molecule has 4 heteroatoms. The Kier molecular flexibility index (Phi) is 4.92. The van der Waals surface area contributed by atoms with E-state index in [9.17, 15) is 4.79 Å². The molecule has 1 saturated heterocycles. The van der Waals surface area contributed by atoms with Crippen molar-refractivity contribution in [1.82, 2.24) is 4.90 Å². The smallest absolute Gasteiger partial charge is 0.129 e. The van der Waals surface area contributed by atoms with Gasteiger partial charge >= 0.3 is 0 Å². The van der Waals surface area contributed by atoms with E-state index < -0.39 is 0 Å². The summed E-state index contributed by atoms with van der Waals surface area (Å²) >= 11 is 1.77. The van der Waals surface area contributed by atoms with Gasteiger partial charge in [0, 0.05) is 24.6 Å². The maximum absolute atomic E-state index is 11.4. The minimum absolute atomic E-state index is 0.286. The second-order valence-corrected chi connectivity index (χ2v) is 6.05. The predicted octanol–water partition coefficient (Wildman–Crippen LogP) is 2.57. The lowest BCUT2D eigenvalue weighted by Crippen LogP contribution is -2.44. The number of aldehydes is 1. The minimum Gasteiger partial charge on any atom is -0.380 e. The molecule has 2 heterocycles. The first-order valence-corrected chi connectivity index (χ1v) is 7.45. The second-order valence-electron chi connectivity index (χ2n) is 5.02. The van der Waals surface area contributed by atoms with Gasteiger partial charge in [0.1, 0.15) is 6.29 Å². The SMILES string of the molecule is CCN(Cc1cccs1)CC1(C=O)CCCOC1. The summed E-state index contributed by atoms with van der Waals surface area (Å²) in [6.45, 7) is 6.24. The number of ether oxygens (including phenoxy) is 1. The van der Waals surface area contributed by atoms with Crippen LogP contribution >= 0.6 is 11.3 Å². The number of rotatable bonds is 6. The van der Waals surface area contributed by atoms with Gasteiger partial charge in [0.2, 0.25) is 0 Å². The zero-order valence-electron chi connectivity index (χ0n) is 10.9. The molecule has 0 N–H and O–H groups in total. The van der Waals surface area contributed by atoms with Crippen LogP contribution in [0.25, 0.3) is 0 Å². The maximum Gasteiger partial charge on any atom is 0.129 e. The molecule has 0 bridgehead atoms. The van der Waals surface area contributed by atoms with Gasteiger partial charge in [-0.2, -0.15) is 0 Å². The summed E-state index contributed by atoms with van der Waals surface area (Å²) in [7, 11) is 0. The quantitative estimate of drug-likeness (QED) is 0.742. The van der Waals surface area contributed by atoms with Crippen molar-refractivity contribution in [2.75, 3.05) is 26.3 Å². The van der Waals surface area contributed by atoms with Crippen molar-refractivity contribution in [1.29, 1.82) is 0 Å². The van der Waals surface area contributed by atoms with Crippen molar-refractivity contribution in [3.63, 3.8) is 0 Å². The molecule has 0 aliphatic carbocycles. The Balaban J connectivity index is 1.97. The van der Waals surface area contributed by atoms with E-state index in [1.165, 1.54) is 4.88 Å². The maximum atomic E-state index is 11.4. The summed E-state index contributed by atoms with van der Waals surface area (Å²) in [6, 6.07) is 4.23. The topological polar surface area (TPSA) is 29.5 Å². The van der Waals surface area contributed by atoms with Crippen molar-refractivity contribution in [2.45, 2.75) is 26.3 Å². The molecule has 0 aromatic carbocycles. The first-order valence-electron chi connectivity index (χ1n) is 6.57. The molecular formula is C14H21NO2S. The number of thiophene rings is 1. The molecule has 1 aliphatic heterocycles. The van der Waals surface area contributed by atoms with Gasteiger partial charge in [-0.25, -0.2) is 0 Å². The van der Waals surface area contributed by atoms with Crippen LogP contribution in [-0.4, -0.2) is 37.5 Å². The van der Waals surface area contributed by atoms with Crippen LogP contribution < -0.4 is 0 Å². The largest absolute Gasteiger partial charge is 0.380 e. The Morgan fingerprint density at radius 3 is 3.06 bits per heavy atom. The standard InChI is InChI=1S/C14H21NO2S/c1-2-15(9-13-5-3-8-18-13)10-14(11-16)6-4-7-17-12-14/h3,5,8,11H,2,4,6-7,9-10,12H2,1H3. The second kappa shape index (κ2) is 6.45. The van der Waals surface area contributed by atoms with Crippen LogP contribution in [0.2, 0.25) is 0 Å². The van der Waals surface area contributed by atoms with E-state index >= 15 is 0 Å². The molecule has 3 nitrogen and oxygen atoms in total. The summed E-state index contributed by atoms with van der Waals surface area (Å²) in [4.78, 5) is 15.1. The van der Waals surface area contributed by atoms with Gasteiger partial charge in [-0.15, -0.1) is 11.3 Å². The van der Waals surface area contributed by atoms with E-state index in [0.29, 0.717) is 6.61 Å². The monoisotopic (exact) mass is 267 g/mol. The Labute approximate surface area is 113 Å². The van der Waals surface area contributed by atoms with Crippen molar-refractivity contribution in [3.05, 3.63) is 22.4 Å². The zero-order valence-corrected chi connectivity index (χ0v) is 11.7. The fraction of sp³-hybridized carbons (Fsp3) is 0.643. The molecular weight excluding hydrogens is 246 g/mol. The van der Waals surface area contributed by atoms with Gasteiger partial charge < -0.3 is 9.53 Å². The van der Waals surface area contributed by atoms with E-state index in [1.807, 2.05) is 0 Å². The molecule has 18 heavy (non-hydrogen) atoms. The predicted molar refractivity (Wildman–Crippen MR) is 73.8 cm³/mol. The van der Waals surface area contributed by atoms with Crippen LogP contribution in [0.5, 0.6) is 0 Å². The van der Waals surface area contributed by atoms with Crippen molar-refractivity contribution < 1.29 is 9.53 Å². The molecule has 1 unspecified atom stereocenters. The molecule has 0 radical (unpaired) electrons. The van der Waals surface area contributed by atoms with Crippen molar-refractivity contribution in [2.24, 2.45) is 5.41 Å². The van der Waals surface area contributed by atoms with Crippen LogP contribution in [0.4, 0.5) is 0 Å². The summed E-state index contributed by atoms with van der Waals surface area (Å²) in [5, 5.41) is 2.10. The molecule has 0 amide bonds. The van der Waals surface area contributed by atoms with Gasteiger partial charge in [-0.1, -0.05) is 13.0 Å². The number of carbonyl (C=O) groups is 1. The van der Waals surface area contributed by atoms with Gasteiger partial charge in [-0.3, -0.25) is 4.90 Å². The minimum atomic E-state index is -0.286. The number of hydrogen-bond acceptors (Lipinski definition) is 4. The first kappa shape index (κ1) is 13.7. The first-order chi connectivity index (χ1) is 8.78. The summed E-state index contributed by atoms with van der Waals surface area (Å²) < 4.78 is 5.50. The van der Waals surface area contributed by atoms with Gasteiger partial charge in [-0.05, 0) is 30.8 Å². The highest BCUT2D eigenvalue weighted by molar-refractivity contribution is 7.09. The van der Waals surface area contributed by atoms with Crippen molar-refractivity contribution >= 4 is 17.6 Å². The van der Waals surface area contributed by atoms with E-state index in [2.05, 4.69) is 29.3 Å². The van der Waals surface area contributed by atoms with Crippen LogP contribution in [0.1, 0.15) is 24.6 Å². The summed E-state index contributed by atoms with van der Waals surface area (Å²) in [5.41, 5.74) is -0.286. The lowest BCUT2D eigenvalue weighted by atomic mass is 9.83. The van der Waals surface area contributed by atoms with Gasteiger partial charge in [0.15, 0.2) is 0 Å². The van der Waals surface area contributed by atoms with E-state index in [1.54, 1.807) is 11.3 Å². The fourth-order valence-electron chi connectivity index (χ4n) is 2.48. The molecule has 0 spiro atoms. The van der Waals surface area contributed by atoms with Crippen LogP contribution in [-0.2, 0) is 16.1 Å². The highest BCUT2D eigenvalue weighted by Crippen LogP contribution is 2.28. The molecule has 1 atom stereocenters. The molecule has 2 rings (SSSR count).